The summed E-state index contributed by atoms with van der Waals surface area (Å²) >= 11 is 11.3. The predicted molar refractivity (Wildman–Crippen MR) is 46.5 cm³/mol. The van der Waals surface area contributed by atoms with E-state index in [0.29, 0.717) is 11.4 Å². The van der Waals surface area contributed by atoms with Crippen LogP contribution in [0, 0.1) is 0 Å². The van der Waals surface area contributed by atoms with Gasteiger partial charge in [-0.1, -0.05) is 30.1 Å². The minimum Gasteiger partial charge on any atom is -0.323 e. The number of hydrogen-bond acceptors (Lipinski definition) is 1. The highest BCUT2D eigenvalue weighted by Gasteiger charge is 2.02. The molecule has 1 aromatic rings. The highest BCUT2D eigenvalue weighted by Crippen LogP contribution is 2.15. The number of halogens is 2. The summed E-state index contributed by atoms with van der Waals surface area (Å²) in [5.41, 5.74) is 0.439. The average Bonchev–Trinajstić information content (AvgIpc) is 1.97. The minimum absolute atomic E-state index is 0.132. The molecule has 60 valence electrons. The molecule has 11 heavy (non-hydrogen) atoms. The molecule has 4 heteroatoms. The van der Waals surface area contributed by atoms with E-state index >= 15 is 0 Å². The third kappa shape index (κ3) is 1.76. The molecule has 0 radical (unpaired) electrons. The summed E-state index contributed by atoms with van der Waals surface area (Å²) in [6, 6.07) is 1.46. The molecule has 0 aliphatic rings. The van der Waals surface area contributed by atoms with Crippen LogP contribution in [-0.2, 0) is 6.42 Å². The first-order chi connectivity index (χ1) is 5.15. The first-order valence-corrected chi connectivity index (χ1v) is 3.98. The van der Waals surface area contributed by atoms with Gasteiger partial charge in [-0.05, 0) is 12.5 Å². The Morgan fingerprint density at radius 1 is 1.45 bits per heavy atom. The Kier molecular flexibility index (Phi) is 2.58. The van der Waals surface area contributed by atoms with Gasteiger partial charge in [-0.25, -0.2) is 0 Å². The fourth-order valence-electron chi connectivity index (χ4n) is 0.778. The first-order valence-electron chi connectivity index (χ1n) is 3.22. The van der Waals surface area contributed by atoms with Crippen molar-refractivity contribution in [1.82, 2.24) is 4.98 Å². The summed E-state index contributed by atoms with van der Waals surface area (Å²) in [6.07, 6.45) is 0.700. The third-order valence-electron chi connectivity index (χ3n) is 1.38. The zero-order chi connectivity index (χ0) is 8.43. The lowest BCUT2D eigenvalue weighted by atomic mass is 10.3. The van der Waals surface area contributed by atoms with Crippen molar-refractivity contribution in [2.45, 2.75) is 13.3 Å². The van der Waals surface area contributed by atoms with Crippen LogP contribution in [0.15, 0.2) is 10.9 Å². The van der Waals surface area contributed by atoms with E-state index in [2.05, 4.69) is 4.98 Å². The van der Waals surface area contributed by atoms with E-state index in [1.165, 1.54) is 6.07 Å². The molecule has 0 atom stereocenters. The normalized spacial score (nSPS) is 10.1. The van der Waals surface area contributed by atoms with E-state index in [1.54, 1.807) is 0 Å². The van der Waals surface area contributed by atoms with Crippen LogP contribution in [0.4, 0.5) is 0 Å². The smallest absolute Gasteiger partial charge is 0.267 e. The third-order valence-corrected chi connectivity index (χ3v) is 1.99. The van der Waals surface area contributed by atoms with Crippen LogP contribution in [-0.4, -0.2) is 4.98 Å². The van der Waals surface area contributed by atoms with Gasteiger partial charge in [-0.2, -0.15) is 0 Å². The molecule has 0 aromatic carbocycles. The number of aromatic nitrogens is 1. The number of H-pyrrole nitrogens is 1. The standard InChI is InChI=1S/C7H7Cl2NO/c1-2-6-4(8)3-5(9)7(11)10-6/h3H,2H2,1H3,(H,10,11). The van der Waals surface area contributed by atoms with Gasteiger partial charge in [0, 0.05) is 5.69 Å². The lowest BCUT2D eigenvalue weighted by molar-refractivity contribution is 1.01. The second kappa shape index (κ2) is 3.28. The number of pyridine rings is 1. The van der Waals surface area contributed by atoms with E-state index in [9.17, 15) is 4.79 Å². The second-order valence-corrected chi connectivity index (χ2v) is 2.94. The van der Waals surface area contributed by atoms with Crippen molar-refractivity contribution in [3.05, 3.63) is 32.2 Å². The Balaban J connectivity index is 3.32. The number of aryl methyl sites for hydroxylation is 1. The highest BCUT2D eigenvalue weighted by atomic mass is 35.5. The Labute approximate surface area is 74.1 Å². The molecule has 1 N–H and O–H groups in total. The molecule has 0 aliphatic carbocycles. The largest absolute Gasteiger partial charge is 0.323 e. The van der Waals surface area contributed by atoms with E-state index in [-0.39, 0.29) is 10.6 Å². The molecule has 0 unspecified atom stereocenters. The van der Waals surface area contributed by atoms with E-state index in [1.807, 2.05) is 6.92 Å². The summed E-state index contributed by atoms with van der Waals surface area (Å²) in [7, 11) is 0. The summed E-state index contributed by atoms with van der Waals surface area (Å²) < 4.78 is 0. The van der Waals surface area contributed by atoms with Crippen molar-refractivity contribution in [2.75, 3.05) is 0 Å². The topological polar surface area (TPSA) is 32.9 Å². The molecule has 1 aromatic heterocycles. The molecular weight excluding hydrogens is 185 g/mol. The van der Waals surface area contributed by atoms with Crippen molar-refractivity contribution >= 4 is 23.2 Å². The van der Waals surface area contributed by atoms with Crippen LogP contribution < -0.4 is 5.56 Å². The molecule has 1 heterocycles. The highest BCUT2D eigenvalue weighted by molar-refractivity contribution is 6.34. The molecule has 1 rings (SSSR count). The average molecular weight is 192 g/mol. The lowest BCUT2D eigenvalue weighted by Crippen LogP contribution is -2.08. The second-order valence-electron chi connectivity index (χ2n) is 2.13. The van der Waals surface area contributed by atoms with Gasteiger partial charge in [0.05, 0.1) is 5.02 Å². The SMILES string of the molecule is CCc1[nH]c(=O)c(Cl)cc1Cl. The molecule has 0 amide bonds. The molecular formula is C7H7Cl2NO. The van der Waals surface area contributed by atoms with Gasteiger partial charge in [0.2, 0.25) is 0 Å². The summed E-state index contributed by atoms with van der Waals surface area (Å²) in [5, 5.41) is 0.643. The molecule has 0 aliphatic heterocycles. The molecule has 0 saturated carbocycles. The van der Waals surface area contributed by atoms with Gasteiger partial charge in [0.1, 0.15) is 5.02 Å². The van der Waals surface area contributed by atoms with E-state index < -0.39 is 0 Å². The van der Waals surface area contributed by atoms with Gasteiger partial charge in [0.25, 0.3) is 5.56 Å². The fraction of sp³-hybridized carbons (Fsp3) is 0.286. The van der Waals surface area contributed by atoms with Gasteiger partial charge >= 0.3 is 0 Å². The van der Waals surface area contributed by atoms with Crippen molar-refractivity contribution in [2.24, 2.45) is 0 Å². The number of hydrogen-bond donors (Lipinski definition) is 1. The van der Waals surface area contributed by atoms with E-state index in [4.69, 9.17) is 23.2 Å². The first kappa shape index (κ1) is 8.62. The zero-order valence-electron chi connectivity index (χ0n) is 5.95. The van der Waals surface area contributed by atoms with Gasteiger partial charge in [-0.3, -0.25) is 4.79 Å². The van der Waals surface area contributed by atoms with Crippen LogP contribution in [0.1, 0.15) is 12.6 Å². The quantitative estimate of drug-likeness (QED) is 0.727. The number of rotatable bonds is 1. The fourth-order valence-corrected chi connectivity index (χ4v) is 1.28. The molecule has 0 saturated heterocycles. The van der Waals surface area contributed by atoms with Crippen LogP contribution in [0.5, 0.6) is 0 Å². The monoisotopic (exact) mass is 191 g/mol. The molecule has 0 bridgehead atoms. The Bertz CT molecular complexity index is 319. The van der Waals surface area contributed by atoms with Crippen LogP contribution >= 0.6 is 23.2 Å². The van der Waals surface area contributed by atoms with Gasteiger partial charge in [0.15, 0.2) is 0 Å². The Hall–Kier alpha value is -0.470. The maximum absolute atomic E-state index is 10.9. The zero-order valence-corrected chi connectivity index (χ0v) is 7.46. The van der Waals surface area contributed by atoms with Crippen molar-refractivity contribution in [1.29, 1.82) is 0 Å². The minimum atomic E-state index is -0.284. The van der Waals surface area contributed by atoms with Crippen LogP contribution in [0.25, 0.3) is 0 Å². The van der Waals surface area contributed by atoms with E-state index in [0.717, 1.165) is 5.69 Å². The van der Waals surface area contributed by atoms with Crippen molar-refractivity contribution in [3.8, 4) is 0 Å². The molecule has 0 fully saturated rings. The van der Waals surface area contributed by atoms with Crippen LogP contribution in [0.2, 0.25) is 10.0 Å². The summed E-state index contributed by atoms with van der Waals surface area (Å²) in [6.45, 7) is 1.91. The van der Waals surface area contributed by atoms with Gasteiger partial charge in [-0.15, -0.1) is 0 Å². The summed E-state index contributed by atoms with van der Waals surface area (Å²) in [4.78, 5) is 13.5. The Morgan fingerprint density at radius 2 is 2.09 bits per heavy atom. The number of aromatic amines is 1. The molecule has 0 spiro atoms. The predicted octanol–water partition coefficient (Wildman–Crippen LogP) is 2.24. The Morgan fingerprint density at radius 3 is 2.64 bits per heavy atom. The maximum Gasteiger partial charge on any atom is 0.267 e. The number of nitrogens with one attached hydrogen (secondary N) is 1. The van der Waals surface area contributed by atoms with Crippen molar-refractivity contribution in [3.63, 3.8) is 0 Å². The lowest BCUT2D eigenvalue weighted by Gasteiger charge is -1.99. The maximum atomic E-state index is 10.9. The van der Waals surface area contributed by atoms with Gasteiger partial charge < -0.3 is 4.98 Å². The van der Waals surface area contributed by atoms with Crippen molar-refractivity contribution < 1.29 is 0 Å². The summed E-state index contributed by atoms with van der Waals surface area (Å²) in [5.74, 6) is 0. The molecule has 2 nitrogen and oxygen atoms in total. The van der Waals surface area contributed by atoms with Crippen LogP contribution in [0.3, 0.4) is 0 Å².